The van der Waals surface area contributed by atoms with E-state index >= 15 is 0 Å². The van der Waals surface area contributed by atoms with Gasteiger partial charge in [0, 0.05) is 5.56 Å². The van der Waals surface area contributed by atoms with Gasteiger partial charge in [-0.1, -0.05) is 66.7 Å². The van der Waals surface area contributed by atoms with Crippen molar-refractivity contribution in [1.82, 2.24) is 20.4 Å². The van der Waals surface area contributed by atoms with E-state index in [9.17, 15) is 25.9 Å². The number of rotatable bonds is 7. The molecular weight excluding hydrogens is 532 g/mol. The number of aromatic nitrogens is 4. The number of aromatic amines is 2. The van der Waals surface area contributed by atoms with Gasteiger partial charge in [0.1, 0.15) is 0 Å². The summed E-state index contributed by atoms with van der Waals surface area (Å²) in [6, 6.07) is 22.5. The average Bonchev–Trinajstić information content (AvgIpc) is 3.55. The van der Waals surface area contributed by atoms with Gasteiger partial charge in [-0.05, 0) is 28.8 Å². The van der Waals surface area contributed by atoms with Crippen LogP contribution in [0.25, 0.3) is 33.5 Å². The molecule has 4 N–H and O–H groups in total. The Balaban J connectivity index is 1.55. The molecule has 14 heteroatoms. The van der Waals surface area contributed by atoms with Crippen LogP contribution in [0.5, 0.6) is 0 Å². The molecule has 0 fully saturated rings. The maximum atomic E-state index is 11.6. The zero-order valence-corrected chi connectivity index (χ0v) is 20.8. The third-order valence-corrected chi connectivity index (χ3v) is 7.30. The molecule has 0 bridgehead atoms. The second-order valence-electron chi connectivity index (χ2n) is 8.00. The van der Waals surface area contributed by atoms with Gasteiger partial charge in [-0.15, -0.1) is 10.2 Å². The number of azo groups is 1. The van der Waals surface area contributed by atoms with Gasteiger partial charge >= 0.3 is 0 Å². The first-order valence-electron chi connectivity index (χ1n) is 10.9. The highest BCUT2D eigenvalue weighted by molar-refractivity contribution is 7.86. The lowest BCUT2D eigenvalue weighted by Gasteiger charge is -2.07. The Morgan fingerprint density at radius 2 is 1.26 bits per heavy atom. The number of hydrogen-bond donors (Lipinski definition) is 4. The van der Waals surface area contributed by atoms with E-state index in [1.54, 1.807) is 12.1 Å². The molecule has 0 atom stereocenters. The fourth-order valence-electron chi connectivity index (χ4n) is 3.77. The minimum absolute atomic E-state index is 0.157. The summed E-state index contributed by atoms with van der Waals surface area (Å²) in [6.07, 6.45) is 0.922. The number of nitrogens with one attached hydrogen (secondary N) is 2. The molecule has 5 rings (SSSR count). The summed E-state index contributed by atoms with van der Waals surface area (Å²) in [6.45, 7) is 0. The fourth-order valence-corrected chi connectivity index (χ4v) is 4.76. The average molecular weight is 551 g/mol. The van der Waals surface area contributed by atoms with Gasteiger partial charge in [0.05, 0.1) is 22.3 Å². The van der Waals surface area contributed by atoms with E-state index in [-0.39, 0.29) is 16.5 Å². The van der Waals surface area contributed by atoms with E-state index in [4.69, 9.17) is 0 Å². The van der Waals surface area contributed by atoms with E-state index in [2.05, 4.69) is 30.6 Å². The smallest absolute Gasteiger partial charge is 0.282 e. The first-order valence-corrected chi connectivity index (χ1v) is 13.7. The third kappa shape index (κ3) is 5.14. The molecule has 0 saturated carbocycles. The third-order valence-electron chi connectivity index (χ3n) is 5.58. The lowest BCUT2D eigenvalue weighted by molar-refractivity contribution is 0.481. The van der Waals surface area contributed by atoms with Crippen LogP contribution in [-0.4, -0.2) is 46.3 Å². The van der Waals surface area contributed by atoms with Gasteiger partial charge in [-0.25, -0.2) is 0 Å². The van der Waals surface area contributed by atoms with E-state index in [0.717, 1.165) is 22.9 Å². The van der Waals surface area contributed by atoms with Gasteiger partial charge < -0.3 is 0 Å². The molecule has 0 saturated heterocycles. The topological polar surface area (TPSA) is 191 Å². The van der Waals surface area contributed by atoms with Crippen LogP contribution in [0.3, 0.4) is 0 Å². The summed E-state index contributed by atoms with van der Waals surface area (Å²) < 4.78 is 64.3. The first kappa shape index (κ1) is 25.2. The predicted octanol–water partition coefficient (Wildman–Crippen LogP) is 5.04. The molecule has 0 aliphatic heterocycles. The molecule has 2 heterocycles. The summed E-state index contributed by atoms with van der Waals surface area (Å²) >= 11 is 0. The van der Waals surface area contributed by atoms with Crippen LogP contribution < -0.4 is 0 Å². The molecule has 38 heavy (non-hydrogen) atoms. The minimum Gasteiger partial charge on any atom is -0.282 e. The summed E-state index contributed by atoms with van der Waals surface area (Å²) in [5, 5.41) is 21.2. The molecular formula is C24H18N6O6S2. The number of H-pyrrole nitrogens is 2. The highest BCUT2D eigenvalue weighted by Crippen LogP contribution is 2.39. The maximum absolute atomic E-state index is 11.6. The quantitative estimate of drug-likeness (QED) is 0.160. The highest BCUT2D eigenvalue weighted by Gasteiger charge is 2.20. The molecule has 0 spiro atoms. The molecule has 2 aromatic heterocycles. The SMILES string of the molecule is O=S(=O)(O)c1ccc(-c2ccc(-c3c(N=Nc4[nH]ncc4S(=O)(=O)O)n[nH]c3-c3ccccc3)cc2)cc1. The van der Waals surface area contributed by atoms with Gasteiger partial charge in [0.15, 0.2) is 10.7 Å². The molecule has 0 aliphatic rings. The van der Waals surface area contributed by atoms with Crippen molar-refractivity contribution in [3.63, 3.8) is 0 Å². The monoisotopic (exact) mass is 550 g/mol. The van der Waals surface area contributed by atoms with E-state index in [0.29, 0.717) is 16.8 Å². The zero-order chi connectivity index (χ0) is 26.9. The fraction of sp³-hybridized carbons (Fsp3) is 0. The molecule has 5 aromatic rings. The second kappa shape index (κ2) is 9.75. The molecule has 0 aliphatic carbocycles. The summed E-state index contributed by atoms with van der Waals surface area (Å²) in [4.78, 5) is -0.723. The summed E-state index contributed by atoms with van der Waals surface area (Å²) in [5.74, 6) is -0.101. The van der Waals surface area contributed by atoms with Crippen molar-refractivity contribution in [2.24, 2.45) is 10.2 Å². The van der Waals surface area contributed by atoms with Crippen LogP contribution >= 0.6 is 0 Å². The Morgan fingerprint density at radius 1 is 0.658 bits per heavy atom. The van der Waals surface area contributed by atoms with Gasteiger partial charge in [0.2, 0.25) is 5.82 Å². The number of hydrogen-bond acceptors (Lipinski definition) is 8. The zero-order valence-electron chi connectivity index (χ0n) is 19.2. The Kier molecular flexibility index (Phi) is 6.46. The van der Waals surface area contributed by atoms with E-state index in [1.165, 1.54) is 12.1 Å². The van der Waals surface area contributed by atoms with Crippen molar-refractivity contribution in [2.45, 2.75) is 9.79 Å². The van der Waals surface area contributed by atoms with Crippen molar-refractivity contribution in [2.75, 3.05) is 0 Å². The van der Waals surface area contributed by atoms with Crippen molar-refractivity contribution in [3.05, 3.63) is 85.1 Å². The molecule has 3 aromatic carbocycles. The van der Waals surface area contributed by atoms with Crippen LogP contribution in [0, 0.1) is 0 Å². The number of nitrogens with zero attached hydrogens (tertiary/aromatic N) is 4. The van der Waals surface area contributed by atoms with Crippen LogP contribution in [0.1, 0.15) is 0 Å². The van der Waals surface area contributed by atoms with Gasteiger partial charge in [-0.3, -0.25) is 19.3 Å². The van der Waals surface area contributed by atoms with E-state index < -0.39 is 25.1 Å². The number of benzene rings is 3. The van der Waals surface area contributed by atoms with Crippen molar-refractivity contribution in [3.8, 4) is 33.5 Å². The van der Waals surface area contributed by atoms with Gasteiger partial charge in [0.25, 0.3) is 20.2 Å². The standard InChI is InChI=1S/C24H18N6O6S2/c31-37(32,33)19-12-10-16(11-13-19)15-6-8-17(9-7-15)21-22(18-4-2-1-3-5-18)26-29-24(21)30-28-23-20(14-25-27-23)38(34,35)36/h1-14H,(H,25,27)(H,26,29)(H,31,32,33)(H,34,35,36). The largest absolute Gasteiger partial charge is 0.299 e. The van der Waals surface area contributed by atoms with Crippen LogP contribution in [-0.2, 0) is 20.2 Å². The maximum Gasteiger partial charge on any atom is 0.299 e. The second-order valence-corrected chi connectivity index (χ2v) is 10.8. The molecule has 0 unspecified atom stereocenters. The molecule has 0 amide bonds. The van der Waals surface area contributed by atoms with Crippen LogP contribution in [0.15, 0.2) is 105 Å². The van der Waals surface area contributed by atoms with Crippen molar-refractivity contribution in [1.29, 1.82) is 0 Å². The van der Waals surface area contributed by atoms with Crippen molar-refractivity contribution >= 4 is 31.9 Å². The van der Waals surface area contributed by atoms with Crippen LogP contribution in [0.4, 0.5) is 11.6 Å². The minimum atomic E-state index is -4.56. The van der Waals surface area contributed by atoms with Crippen LogP contribution in [0.2, 0.25) is 0 Å². The summed E-state index contributed by atoms with van der Waals surface area (Å²) in [7, 11) is -8.85. The predicted molar refractivity (Wildman–Crippen MR) is 137 cm³/mol. The molecule has 12 nitrogen and oxygen atoms in total. The Morgan fingerprint density at radius 3 is 1.87 bits per heavy atom. The Bertz CT molecular complexity index is 1850. The lowest BCUT2D eigenvalue weighted by atomic mass is 9.98. The lowest BCUT2D eigenvalue weighted by Crippen LogP contribution is -1.97. The summed E-state index contributed by atoms with van der Waals surface area (Å²) in [5.41, 5.74) is 4.28. The Labute approximate surface area is 216 Å². The van der Waals surface area contributed by atoms with Gasteiger partial charge in [-0.2, -0.15) is 27.0 Å². The highest BCUT2D eigenvalue weighted by atomic mass is 32.2. The molecule has 192 valence electrons. The Hall–Kier alpha value is -4.50. The molecule has 0 radical (unpaired) electrons. The normalized spacial score (nSPS) is 12.3. The first-order chi connectivity index (χ1) is 18.1. The van der Waals surface area contributed by atoms with Crippen molar-refractivity contribution < 1.29 is 25.9 Å². The van der Waals surface area contributed by atoms with E-state index in [1.807, 2.05) is 54.6 Å².